The summed E-state index contributed by atoms with van der Waals surface area (Å²) in [6.07, 6.45) is -4.40. The quantitative estimate of drug-likeness (QED) is 0.583. The number of hydrogen-bond donors (Lipinski definition) is 1. The maximum Gasteiger partial charge on any atom is 0.501 e. The van der Waals surface area contributed by atoms with Crippen molar-refractivity contribution in [2.75, 3.05) is 0 Å². The van der Waals surface area contributed by atoms with Gasteiger partial charge in [-0.15, -0.1) is 0 Å². The third-order valence-electron chi connectivity index (χ3n) is 1.87. The molecule has 1 aromatic carbocycles. The van der Waals surface area contributed by atoms with Gasteiger partial charge in [-0.3, -0.25) is 4.79 Å². The van der Waals surface area contributed by atoms with Gasteiger partial charge >= 0.3 is 12.1 Å². The largest absolute Gasteiger partial charge is 0.501 e. The molecule has 4 nitrogen and oxygen atoms in total. The summed E-state index contributed by atoms with van der Waals surface area (Å²) in [7, 11) is 0. The third-order valence-corrected chi connectivity index (χ3v) is 3.08. The fourth-order valence-corrected chi connectivity index (χ4v) is 2.69. The van der Waals surface area contributed by atoms with Crippen LogP contribution in [0, 0.1) is 3.57 Å². The molecule has 0 saturated heterocycles. The van der Waals surface area contributed by atoms with Gasteiger partial charge in [0, 0.05) is 3.57 Å². The topological polar surface area (TPSA) is 63.6 Å². The number of Topliss-reactive ketones (excluding diaryl/α,β-unsaturated/α-hetero) is 1. The lowest BCUT2D eigenvalue weighted by molar-refractivity contribution is -0.211. The van der Waals surface area contributed by atoms with Crippen LogP contribution in [-0.2, 0) is 4.79 Å². The van der Waals surface area contributed by atoms with Gasteiger partial charge in [0.15, 0.2) is 11.5 Å². The van der Waals surface area contributed by atoms with Gasteiger partial charge in [-0.1, -0.05) is 0 Å². The first-order chi connectivity index (χ1) is 8.15. The summed E-state index contributed by atoms with van der Waals surface area (Å²) < 4.78 is 30.8. The second-order valence-corrected chi connectivity index (χ2v) is 5.34. The Morgan fingerprint density at radius 1 is 1.44 bits per heavy atom. The molecule has 0 fully saturated rings. The molecule has 0 atom stereocenters. The molecule has 0 heterocycles. The molecule has 0 unspecified atom stereocenters. The summed E-state index contributed by atoms with van der Waals surface area (Å²) in [5.74, 6) is -3.43. The molecule has 0 aliphatic carbocycles. The summed E-state index contributed by atoms with van der Waals surface area (Å²) in [6, 6.07) is 2.77. The van der Waals surface area contributed by atoms with Crippen molar-refractivity contribution in [1.29, 1.82) is 0 Å². The van der Waals surface area contributed by atoms with Crippen molar-refractivity contribution in [2.45, 2.75) is 13.0 Å². The lowest BCUT2D eigenvalue weighted by Gasteiger charge is -2.17. The van der Waals surface area contributed by atoms with Crippen molar-refractivity contribution in [3.63, 3.8) is 0 Å². The van der Waals surface area contributed by atoms with E-state index in [1.807, 2.05) is 22.6 Å². The Hall–Kier alpha value is -0.770. The highest BCUT2D eigenvalue weighted by Crippen LogP contribution is 2.35. The Kier molecular flexibility index (Phi) is 4.65. The van der Waals surface area contributed by atoms with Gasteiger partial charge in [0.25, 0.3) is 0 Å². The van der Waals surface area contributed by atoms with Crippen molar-refractivity contribution >= 4 is 50.3 Å². The number of rotatable bonds is 4. The van der Waals surface area contributed by atoms with E-state index in [2.05, 4.69) is 20.7 Å². The van der Waals surface area contributed by atoms with Crippen LogP contribution < -0.4 is 4.74 Å². The highest BCUT2D eigenvalue weighted by Gasteiger charge is 2.43. The minimum atomic E-state index is -4.40. The van der Waals surface area contributed by atoms with Crippen LogP contribution in [-0.4, -0.2) is 23.0 Å². The average Bonchev–Trinajstić information content (AvgIpc) is 2.21. The van der Waals surface area contributed by atoms with E-state index in [-0.39, 0.29) is 10.0 Å². The number of carboxylic acids is 1. The zero-order valence-corrected chi connectivity index (χ0v) is 12.6. The van der Waals surface area contributed by atoms with E-state index in [1.54, 1.807) is 0 Å². The maximum absolute atomic E-state index is 13.0. The van der Waals surface area contributed by atoms with E-state index in [0.29, 0.717) is 3.57 Å². The highest BCUT2D eigenvalue weighted by atomic mass is 127. The number of alkyl halides is 2. The first-order valence-electron chi connectivity index (χ1n) is 4.45. The van der Waals surface area contributed by atoms with Gasteiger partial charge in [-0.05, 0) is 57.6 Å². The molecule has 18 heavy (non-hydrogen) atoms. The molecule has 0 radical (unpaired) electrons. The number of ketones is 1. The molecule has 0 aromatic heterocycles. The number of benzene rings is 1. The summed E-state index contributed by atoms with van der Waals surface area (Å²) >= 11 is 4.85. The van der Waals surface area contributed by atoms with Crippen LogP contribution in [0.5, 0.6) is 5.75 Å². The molecule has 1 rings (SSSR count). The number of carboxylic acid groups (broad SMARTS) is 1. The monoisotopic (exact) mass is 434 g/mol. The SMILES string of the molecule is CC(=O)c1cc(I)cc(Br)c1OC(F)(F)C(=O)O. The summed E-state index contributed by atoms with van der Waals surface area (Å²) in [5.41, 5.74) is -0.116. The van der Waals surface area contributed by atoms with Crippen LogP contribution >= 0.6 is 38.5 Å². The Labute approximate surface area is 123 Å². The second-order valence-electron chi connectivity index (χ2n) is 3.24. The molecule has 0 aliphatic rings. The van der Waals surface area contributed by atoms with Crippen LogP contribution in [0.15, 0.2) is 16.6 Å². The Morgan fingerprint density at radius 2 is 2.00 bits per heavy atom. The molecule has 0 spiro atoms. The number of carbonyl (C=O) groups is 2. The van der Waals surface area contributed by atoms with Crippen LogP contribution in [0.4, 0.5) is 8.78 Å². The predicted molar refractivity (Wildman–Crippen MR) is 70.1 cm³/mol. The smallest absolute Gasteiger partial charge is 0.474 e. The molecule has 0 aliphatic heterocycles. The minimum absolute atomic E-state index is 0.0838. The molecule has 0 amide bonds. The first kappa shape index (κ1) is 15.3. The van der Waals surface area contributed by atoms with E-state index >= 15 is 0 Å². The molecule has 0 bridgehead atoms. The van der Waals surface area contributed by atoms with Gasteiger partial charge in [0.2, 0.25) is 0 Å². The van der Waals surface area contributed by atoms with Crippen molar-refractivity contribution in [3.05, 3.63) is 25.7 Å². The predicted octanol–water partition coefficient (Wildman–Crippen LogP) is 3.31. The molecule has 1 N–H and O–H groups in total. The number of aliphatic carboxylic acids is 1. The molecule has 98 valence electrons. The number of carbonyl (C=O) groups excluding carboxylic acids is 1. The minimum Gasteiger partial charge on any atom is -0.474 e. The van der Waals surface area contributed by atoms with Crippen molar-refractivity contribution in [1.82, 2.24) is 0 Å². The number of halogens is 4. The van der Waals surface area contributed by atoms with Gasteiger partial charge in [0.05, 0.1) is 10.0 Å². The lowest BCUT2D eigenvalue weighted by atomic mass is 10.1. The van der Waals surface area contributed by atoms with Crippen molar-refractivity contribution in [3.8, 4) is 5.75 Å². The standard InChI is InChI=1S/C10H6BrF2IO4/c1-4(15)6-2-5(14)3-7(11)8(6)18-10(12,13)9(16)17/h2-3H,1H3,(H,16,17). The van der Waals surface area contributed by atoms with Gasteiger partial charge < -0.3 is 9.84 Å². The van der Waals surface area contributed by atoms with E-state index < -0.39 is 23.6 Å². The highest BCUT2D eigenvalue weighted by molar-refractivity contribution is 14.1. The molecular weight excluding hydrogens is 429 g/mol. The van der Waals surface area contributed by atoms with E-state index in [0.717, 1.165) is 0 Å². The van der Waals surface area contributed by atoms with Gasteiger partial charge in [-0.2, -0.15) is 8.78 Å². The Bertz CT molecular complexity index is 519. The molecular formula is C10H6BrF2IO4. The van der Waals surface area contributed by atoms with Gasteiger partial charge in [0.1, 0.15) is 0 Å². The summed E-state index contributed by atoms with van der Waals surface area (Å²) in [5, 5.41) is 8.30. The van der Waals surface area contributed by atoms with Crippen LogP contribution in [0.3, 0.4) is 0 Å². The average molecular weight is 435 g/mol. The van der Waals surface area contributed by atoms with Gasteiger partial charge in [-0.25, -0.2) is 4.79 Å². The fourth-order valence-electron chi connectivity index (χ4n) is 1.10. The van der Waals surface area contributed by atoms with E-state index in [4.69, 9.17) is 5.11 Å². The zero-order chi connectivity index (χ0) is 14.1. The van der Waals surface area contributed by atoms with Crippen LogP contribution in [0.25, 0.3) is 0 Å². The summed E-state index contributed by atoms with van der Waals surface area (Å²) in [4.78, 5) is 21.6. The lowest BCUT2D eigenvalue weighted by Crippen LogP contribution is -2.35. The third kappa shape index (κ3) is 3.37. The number of ether oxygens (including phenoxy) is 1. The van der Waals surface area contributed by atoms with Crippen LogP contribution in [0.1, 0.15) is 17.3 Å². The fraction of sp³-hybridized carbons (Fsp3) is 0.200. The normalized spacial score (nSPS) is 11.2. The zero-order valence-electron chi connectivity index (χ0n) is 8.84. The second kappa shape index (κ2) is 5.47. The molecule has 0 saturated carbocycles. The van der Waals surface area contributed by atoms with Crippen molar-refractivity contribution in [2.24, 2.45) is 0 Å². The van der Waals surface area contributed by atoms with E-state index in [1.165, 1.54) is 19.1 Å². The molecule has 1 aromatic rings. The number of hydrogen-bond acceptors (Lipinski definition) is 3. The summed E-state index contributed by atoms with van der Waals surface area (Å²) in [6.45, 7) is 1.17. The Morgan fingerprint density at radius 3 is 2.44 bits per heavy atom. The molecule has 8 heteroatoms. The maximum atomic E-state index is 13.0. The van der Waals surface area contributed by atoms with Crippen LogP contribution in [0.2, 0.25) is 0 Å². The first-order valence-corrected chi connectivity index (χ1v) is 6.32. The van der Waals surface area contributed by atoms with E-state index in [9.17, 15) is 18.4 Å². The van der Waals surface area contributed by atoms with Crippen molar-refractivity contribution < 1.29 is 28.2 Å². The Balaban J connectivity index is 3.32.